The molecule has 0 fully saturated rings. The molecule has 208 valence electrons. The zero-order valence-corrected chi connectivity index (χ0v) is 25.7. The maximum Gasteiger partial charge on any atom is 0.264 e. The zero-order valence-electron chi connectivity index (χ0n) is 21.7. The molecule has 3 rings (SSSR count). The molecule has 0 bridgehead atoms. The van der Waals surface area contributed by atoms with Gasteiger partial charge in [-0.3, -0.25) is 13.9 Å². The van der Waals surface area contributed by atoms with Crippen molar-refractivity contribution in [3.05, 3.63) is 86.3 Å². The van der Waals surface area contributed by atoms with Crippen LogP contribution in [0.5, 0.6) is 5.75 Å². The van der Waals surface area contributed by atoms with Crippen molar-refractivity contribution in [1.82, 2.24) is 10.2 Å². The molecule has 3 aromatic carbocycles. The second-order valence-corrected chi connectivity index (χ2v) is 12.2. The van der Waals surface area contributed by atoms with Crippen LogP contribution in [0.1, 0.15) is 18.1 Å². The highest BCUT2D eigenvalue weighted by Gasteiger charge is 2.33. The summed E-state index contributed by atoms with van der Waals surface area (Å²) in [6.45, 7) is 2.72. The number of benzene rings is 3. The quantitative estimate of drug-likeness (QED) is 0.314. The fraction of sp³-hybridized carbons (Fsp3) is 0.259. The van der Waals surface area contributed by atoms with Crippen LogP contribution in [0.15, 0.2) is 70.0 Å². The van der Waals surface area contributed by atoms with E-state index in [1.54, 1.807) is 49.4 Å². The van der Waals surface area contributed by atoms with Crippen molar-refractivity contribution in [1.29, 1.82) is 0 Å². The number of hydrogen-bond donors (Lipinski definition) is 1. The van der Waals surface area contributed by atoms with Crippen molar-refractivity contribution >= 4 is 66.7 Å². The first-order valence-corrected chi connectivity index (χ1v) is 14.8. The van der Waals surface area contributed by atoms with Gasteiger partial charge in [-0.05, 0) is 72.2 Å². The molecular weight excluding hydrogens is 629 g/mol. The summed E-state index contributed by atoms with van der Waals surface area (Å²) in [5.74, 6) is -0.608. The van der Waals surface area contributed by atoms with Crippen LogP contribution in [0.2, 0.25) is 10.0 Å². The molecule has 2 amide bonds. The number of hydrogen-bond acceptors (Lipinski definition) is 5. The average molecular weight is 657 g/mol. The molecule has 0 heterocycles. The first-order chi connectivity index (χ1) is 18.4. The van der Waals surface area contributed by atoms with Crippen molar-refractivity contribution in [3.8, 4) is 5.75 Å². The molecule has 0 unspecified atom stereocenters. The number of carbonyl (C=O) groups is 2. The summed E-state index contributed by atoms with van der Waals surface area (Å²) < 4.78 is 34.5. The molecule has 12 heteroatoms. The van der Waals surface area contributed by atoms with Crippen molar-refractivity contribution in [2.45, 2.75) is 31.3 Å². The smallest absolute Gasteiger partial charge is 0.264 e. The predicted octanol–water partition coefficient (Wildman–Crippen LogP) is 5.43. The third-order valence-electron chi connectivity index (χ3n) is 6.12. The van der Waals surface area contributed by atoms with Crippen LogP contribution in [-0.4, -0.2) is 51.9 Å². The van der Waals surface area contributed by atoms with Gasteiger partial charge in [-0.15, -0.1) is 0 Å². The lowest BCUT2D eigenvalue weighted by molar-refractivity contribution is -0.139. The summed E-state index contributed by atoms with van der Waals surface area (Å²) in [5, 5.41) is 3.16. The van der Waals surface area contributed by atoms with E-state index in [9.17, 15) is 18.0 Å². The molecule has 0 radical (unpaired) electrons. The number of aryl methyl sites for hydroxylation is 1. The van der Waals surface area contributed by atoms with Gasteiger partial charge in [0.05, 0.1) is 22.2 Å². The highest BCUT2D eigenvalue weighted by atomic mass is 79.9. The van der Waals surface area contributed by atoms with Gasteiger partial charge in [0, 0.05) is 29.2 Å². The molecule has 0 saturated heterocycles. The van der Waals surface area contributed by atoms with Gasteiger partial charge in [0.1, 0.15) is 18.3 Å². The van der Waals surface area contributed by atoms with Crippen LogP contribution in [0.25, 0.3) is 0 Å². The summed E-state index contributed by atoms with van der Waals surface area (Å²) in [6, 6.07) is 15.0. The van der Waals surface area contributed by atoms with Crippen LogP contribution in [0.3, 0.4) is 0 Å². The van der Waals surface area contributed by atoms with Gasteiger partial charge in [0.25, 0.3) is 10.0 Å². The van der Waals surface area contributed by atoms with E-state index in [1.807, 2.05) is 6.92 Å². The third kappa shape index (κ3) is 7.05. The lowest BCUT2D eigenvalue weighted by atomic mass is 10.1. The minimum Gasteiger partial charge on any atom is -0.496 e. The number of nitrogens with one attached hydrogen (secondary N) is 1. The van der Waals surface area contributed by atoms with E-state index in [4.69, 9.17) is 27.9 Å². The van der Waals surface area contributed by atoms with E-state index in [2.05, 4.69) is 21.2 Å². The fourth-order valence-corrected chi connectivity index (χ4v) is 6.47. The van der Waals surface area contributed by atoms with Crippen LogP contribution < -0.4 is 14.4 Å². The molecule has 39 heavy (non-hydrogen) atoms. The van der Waals surface area contributed by atoms with Gasteiger partial charge in [-0.2, -0.15) is 0 Å². The number of rotatable bonds is 10. The Morgan fingerprint density at radius 3 is 2.21 bits per heavy atom. The lowest BCUT2D eigenvalue weighted by Crippen LogP contribution is -2.50. The molecule has 0 saturated carbocycles. The first-order valence-electron chi connectivity index (χ1n) is 11.8. The van der Waals surface area contributed by atoms with Gasteiger partial charge < -0.3 is 15.0 Å². The molecule has 3 aromatic rings. The Morgan fingerprint density at radius 2 is 1.67 bits per heavy atom. The van der Waals surface area contributed by atoms with E-state index in [-0.39, 0.29) is 17.1 Å². The molecule has 0 aliphatic rings. The number of ether oxygens (including phenoxy) is 1. The molecule has 8 nitrogen and oxygen atoms in total. The number of methoxy groups -OCH3 is 1. The molecular formula is C27H28BrCl2N3O5S. The minimum atomic E-state index is -4.24. The van der Waals surface area contributed by atoms with Crippen LogP contribution in [0.4, 0.5) is 5.69 Å². The topological polar surface area (TPSA) is 96.0 Å². The Bertz CT molecular complexity index is 1450. The molecule has 0 aliphatic heterocycles. The predicted molar refractivity (Wildman–Crippen MR) is 157 cm³/mol. The summed E-state index contributed by atoms with van der Waals surface area (Å²) >= 11 is 16.1. The van der Waals surface area contributed by atoms with Crippen LogP contribution in [-0.2, 0) is 26.2 Å². The van der Waals surface area contributed by atoms with Crippen molar-refractivity contribution in [2.75, 3.05) is 25.0 Å². The number of amides is 2. The Balaban J connectivity index is 2.08. The van der Waals surface area contributed by atoms with Gasteiger partial charge in [-0.25, -0.2) is 8.42 Å². The van der Waals surface area contributed by atoms with Gasteiger partial charge in [0.15, 0.2) is 0 Å². The number of nitrogens with zero attached hydrogens (tertiary/aromatic N) is 2. The number of sulfonamides is 1. The molecule has 0 aliphatic carbocycles. The first kappa shape index (κ1) is 30.7. The standard InChI is InChI=1S/C27H28BrCl2N3O5S/c1-17-8-10-19(11-9-17)33(39(36,37)20-12-13-25(38-4)22(28)14-20)16-26(34)32(18(2)27(35)31-3)15-21-23(29)6-5-7-24(21)30/h5-14,18H,15-16H2,1-4H3,(H,31,35)/t18-/m0/s1. The maximum atomic E-state index is 13.9. The third-order valence-corrected chi connectivity index (χ3v) is 9.21. The largest absolute Gasteiger partial charge is 0.496 e. The highest BCUT2D eigenvalue weighted by molar-refractivity contribution is 9.10. The number of carbonyl (C=O) groups excluding carboxylic acids is 2. The lowest BCUT2D eigenvalue weighted by Gasteiger charge is -2.32. The van der Waals surface area contributed by atoms with Crippen molar-refractivity contribution in [3.63, 3.8) is 0 Å². The van der Waals surface area contributed by atoms with E-state index in [0.717, 1.165) is 9.87 Å². The van der Waals surface area contributed by atoms with Crippen LogP contribution >= 0.6 is 39.1 Å². The Morgan fingerprint density at radius 1 is 1.05 bits per heavy atom. The second-order valence-electron chi connectivity index (χ2n) is 8.66. The van der Waals surface area contributed by atoms with E-state index >= 15 is 0 Å². The highest BCUT2D eigenvalue weighted by Crippen LogP contribution is 2.32. The van der Waals surface area contributed by atoms with E-state index < -0.39 is 34.4 Å². The van der Waals surface area contributed by atoms with E-state index in [1.165, 1.54) is 37.3 Å². The summed E-state index contributed by atoms with van der Waals surface area (Å²) in [7, 11) is -1.31. The maximum absolute atomic E-state index is 13.9. The van der Waals surface area contributed by atoms with Crippen molar-refractivity contribution < 1.29 is 22.7 Å². The second kappa shape index (κ2) is 13.0. The average Bonchev–Trinajstić information content (AvgIpc) is 2.91. The Labute approximate surface area is 247 Å². The zero-order chi connectivity index (χ0) is 28.9. The number of halogens is 3. The molecule has 1 atom stereocenters. The summed E-state index contributed by atoms with van der Waals surface area (Å²) in [5.41, 5.74) is 1.64. The van der Waals surface area contributed by atoms with Crippen molar-refractivity contribution in [2.24, 2.45) is 0 Å². The number of likely N-dealkylation sites (N-methyl/N-ethyl adjacent to an activating group) is 1. The van der Waals surface area contributed by atoms with Gasteiger partial charge in [-0.1, -0.05) is 47.0 Å². The minimum absolute atomic E-state index is 0.0522. The molecule has 1 N–H and O–H groups in total. The van der Waals surface area contributed by atoms with Gasteiger partial charge in [0.2, 0.25) is 11.8 Å². The number of anilines is 1. The Hall–Kier alpha value is -2.79. The van der Waals surface area contributed by atoms with Gasteiger partial charge >= 0.3 is 0 Å². The normalized spacial score (nSPS) is 12.0. The SMILES string of the molecule is CNC(=O)[C@H](C)N(Cc1c(Cl)cccc1Cl)C(=O)CN(c1ccc(C)cc1)S(=O)(=O)c1ccc(OC)c(Br)c1. The monoisotopic (exact) mass is 655 g/mol. The Kier molecular flexibility index (Phi) is 10.3. The van der Waals surface area contributed by atoms with Crippen LogP contribution in [0, 0.1) is 6.92 Å². The summed E-state index contributed by atoms with van der Waals surface area (Å²) in [6.07, 6.45) is 0. The molecule has 0 aromatic heterocycles. The fourth-order valence-electron chi connectivity index (χ4n) is 3.82. The van der Waals surface area contributed by atoms with E-state index in [0.29, 0.717) is 25.8 Å². The molecule has 0 spiro atoms. The summed E-state index contributed by atoms with van der Waals surface area (Å²) in [4.78, 5) is 27.7.